The maximum atomic E-state index is 12.8. The number of fused-ring (bicyclic) bond motifs is 2. The first-order chi connectivity index (χ1) is 17.8. The number of benzene rings is 2. The zero-order valence-electron chi connectivity index (χ0n) is 21.3. The van der Waals surface area contributed by atoms with Crippen molar-refractivity contribution in [3.05, 3.63) is 87.7 Å². The third kappa shape index (κ3) is 5.21. The second-order valence-corrected chi connectivity index (χ2v) is 10.2. The van der Waals surface area contributed by atoms with E-state index in [1.807, 2.05) is 70.2 Å². The van der Waals surface area contributed by atoms with E-state index < -0.39 is 0 Å². The molecule has 37 heavy (non-hydrogen) atoms. The van der Waals surface area contributed by atoms with Crippen molar-refractivity contribution in [2.24, 2.45) is 0 Å². The number of aliphatic hydroxyl groups is 1. The summed E-state index contributed by atoms with van der Waals surface area (Å²) >= 11 is 1.35. The summed E-state index contributed by atoms with van der Waals surface area (Å²) in [7, 11) is 0. The van der Waals surface area contributed by atoms with E-state index in [0.29, 0.717) is 34.5 Å². The summed E-state index contributed by atoms with van der Waals surface area (Å²) < 4.78 is 6.27. The molecule has 2 aromatic carbocycles. The van der Waals surface area contributed by atoms with Crippen LogP contribution in [0.5, 0.6) is 11.6 Å². The van der Waals surface area contributed by atoms with Gasteiger partial charge in [0.1, 0.15) is 5.03 Å². The summed E-state index contributed by atoms with van der Waals surface area (Å²) in [6.07, 6.45) is 2.16. The molecule has 0 radical (unpaired) electrons. The Morgan fingerprint density at radius 1 is 1.03 bits per heavy atom. The van der Waals surface area contributed by atoms with Crippen molar-refractivity contribution in [3.63, 3.8) is 0 Å². The topological polar surface area (TPSA) is 97.2 Å². The minimum absolute atomic E-state index is 0.120. The van der Waals surface area contributed by atoms with Crippen LogP contribution < -0.4 is 10.1 Å². The van der Waals surface area contributed by atoms with E-state index in [2.05, 4.69) is 10.3 Å². The fourth-order valence-corrected chi connectivity index (χ4v) is 5.02. The first kappa shape index (κ1) is 24.9. The van der Waals surface area contributed by atoms with Crippen LogP contribution >= 0.6 is 11.8 Å². The van der Waals surface area contributed by atoms with Crippen molar-refractivity contribution in [1.82, 2.24) is 15.0 Å². The monoisotopic (exact) mass is 512 g/mol. The molecule has 7 nitrogen and oxygen atoms in total. The third-order valence-corrected chi connectivity index (χ3v) is 7.52. The molecule has 0 saturated heterocycles. The number of nitrogens with zero attached hydrogens (tertiary/aromatic N) is 3. The molecule has 1 aliphatic heterocycles. The average Bonchev–Trinajstić information content (AvgIpc) is 2.89. The van der Waals surface area contributed by atoms with Gasteiger partial charge in [0, 0.05) is 35.0 Å². The summed E-state index contributed by atoms with van der Waals surface area (Å²) in [6, 6.07) is 13.9. The average molecular weight is 513 g/mol. The van der Waals surface area contributed by atoms with Gasteiger partial charge in [0.05, 0.1) is 23.6 Å². The molecule has 0 bridgehead atoms. The number of nitrogens with one attached hydrogen (secondary N) is 1. The Bertz CT molecular complexity index is 1500. The Hall–Kier alpha value is -3.75. The van der Waals surface area contributed by atoms with Gasteiger partial charge in [-0.15, -0.1) is 0 Å². The molecule has 0 spiro atoms. The molecular weight excluding hydrogens is 484 g/mol. The minimum atomic E-state index is -0.141. The number of amides is 1. The molecule has 2 aromatic heterocycles. The van der Waals surface area contributed by atoms with Gasteiger partial charge in [0.15, 0.2) is 11.6 Å². The Morgan fingerprint density at radius 3 is 2.54 bits per heavy atom. The highest BCUT2D eigenvalue weighted by molar-refractivity contribution is 8.00. The van der Waals surface area contributed by atoms with Gasteiger partial charge in [-0.25, -0.2) is 4.98 Å². The van der Waals surface area contributed by atoms with Crippen LogP contribution in [-0.2, 0) is 17.8 Å². The predicted molar refractivity (Wildman–Crippen MR) is 145 cm³/mol. The summed E-state index contributed by atoms with van der Waals surface area (Å²) in [4.78, 5) is 26.8. The molecule has 0 fully saturated rings. The zero-order valence-corrected chi connectivity index (χ0v) is 22.1. The van der Waals surface area contributed by atoms with E-state index in [4.69, 9.17) is 14.7 Å². The number of hydrogen-bond acceptors (Lipinski definition) is 7. The number of rotatable bonds is 6. The van der Waals surface area contributed by atoms with Gasteiger partial charge in [-0.05, 0) is 51.0 Å². The van der Waals surface area contributed by atoms with Crippen LogP contribution in [0.25, 0.3) is 11.4 Å². The summed E-state index contributed by atoms with van der Waals surface area (Å²) in [5.74, 6) is 1.67. The first-order valence-electron chi connectivity index (χ1n) is 12.1. The number of aryl methyl sites for hydroxylation is 4. The first-order valence-corrected chi connectivity index (χ1v) is 13.0. The zero-order chi connectivity index (χ0) is 26.1. The summed E-state index contributed by atoms with van der Waals surface area (Å²) in [6.45, 7) is 7.83. The Balaban J connectivity index is 1.48. The van der Waals surface area contributed by atoms with Crippen LogP contribution in [-0.4, -0.2) is 31.7 Å². The molecular formula is C29H28N4O3S. The normalized spacial score (nSPS) is 11.9. The number of thioether (sulfide) groups is 1. The molecule has 2 N–H and O–H groups in total. The van der Waals surface area contributed by atoms with Gasteiger partial charge in [0.2, 0.25) is 11.8 Å². The van der Waals surface area contributed by atoms with Crippen molar-refractivity contribution < 1.29 is 14.6 Å². The van der Waals surface area contributed by atoms with Gasteiger partial charge < -0.3 is 15.2 Å². The largest absolute Gasteiger partial charge is 0.436 e. The molecule has 188 valence electrons. The Labute approximate surface area is 220 Å². The molecule has 4 aromatic rings. The van der Waals surface area contributed by atoms with Crippen LogP contribution in [0.3, 0.4) is 0 Å². The summed E-state index contributed by atoms with van der Waals surface area (Å²) in [5, 5.41) is 13.5. The third-order valence-electron chi connectivity index (χ3n) is 6.50. The molecule has 1 aliphatic rings. The number of carbonyl (C=O) groups is 1. The fourth-order valence-electron chi connectivity index (χ4n) is 4.20. The van der Waals surface area contributed by atoms with Crippen LogP contribution in [0.4, 0.5) is 5.69 Å². The van der Waals surface area contributed by atoms with Crippen LogP contribution in [0.15, 0.2) is 53.7 Å². The van der Waals surface area contributed by atoms with Crippen LogP contribution in [0.1, 0.15) is 39.1 Å². The lowest BCUT2D eigenvalue weighted by molar-refractivity contribution is -0.113. The van der Waals surface area contributed by atoms with Crippen molar-refractivity contribution >= 4 is 23.4 Å². The van der Waals surface area contributed by atoms with Crippen molar-refractivity contribution in [1.29, 1.82) is 0 Å². The molecule has 8 heteroatoms. The highest BCUT2D eigenvalue weighted by Crippen LogP contribution is 2.42. The molecule has 1 amide bonds. The lowest BCUT2D eigenvalue weighted by atomic mass is 9.99. The van der Waals surface area contributed by atoms with Gasteiger partial charge in [-0.2, -0.15) is 4.98 Å². The van der Waals surface area contributed by atoms with Gasteiger partial charge in [-0.3, -0.25) is 9.78 Å². The molecule has 0 atom stereocenters. The maximum absolute atomic E-state index is 12.8. The second-order valence-electron chi connectivity index (χ2n) is 9.25. The molecule has 3 heterocycles. The molecule has 0 aliphatic carbocycles. The van der Waals surface area contributed by atoms with E-state index in [0.717, 1.165) is 39.2 Å². The highest BCUT2D eigenvalue weighted by atomic mass is 32.2. The number of ether oxygens (including phenoxy) is 1. The number of pyridine rings is 1. The van der Waals surface area contributed by atoms with Crippen molar-refractivity contribution in [2.75, 3.05) is 11.1 Å². The molecule has 0 unspecified atom stereocenters. The van der Waals surface area contributed by atoms with E-state index in [-0.39, 0.29) is 18.3 Å². The number of aliphatic hydroxyl groups excluding tert-OH is 1. The van der Waals surface area contributed by atoms with E-state index in [1.54, 1.807) is 6.20 Å². The second kappa shape index (κ2) is 10.3. The van der Waals surface area contributed by atoms with E-state index in [9.17, 15) is 9.90 Å². The smallest absolute Gasteiger partial charge is 0.234 e. The number of hydrogen-bond donors (Lipinski definition) is 2. The van der Waals surface area contributed by atoms with Crippen molar-refractivity contribution in [3.8, 4) is 23.0 Å². The lowest BCUT2D eigenvalue weighted by Crippen LogP contribution is -2.16. The standard InChI is InChI=1S/C29H28N4O3S/c1-16-5-8-20(9-6-16)27-32-28-24(12-23-21(14-34)13-30-19(4)26(23)36-28)29(33-27)37-15-25(35)31-22-10-7-17(2)18(3)11-22/h5-11,13,34H,12,14-15H2,1-4H3,(H,31,35). The molecule has 5 rings (SSSR count). The quantitative estimate of drug-likeness (QED) is 0.223. The fraction of sp³-hybridized carbons (Fsp3) is 0.241. The van der Waals surface area contributed by atoms with E-state index in [1.165, 1.54) is 17.3 Å². The molecule has 0 saturated carbocycles. The lowest BCUT2D eigenvalue weighted by Gasteiger charge is -2.24. The SMILES string of the molecule is Cc1ccc(-c2nc3c(c(SCC(=O)Nc4ccc(C)c(C)c4)n2)Cc2c(CO)cnc(C)c2O3)cc1. The van der Waals surface area contributed by atoms with E-state index >= 15 is 0 Å². The van der Waals surface area contributed by atoms with Gasteiger partial charge >= 0.3 is 0 Å². The number of anilines is 1. The summed E-state index contributed by atoms with van der Waals surface area (Å²) in [5.41, 5.74) is 8.18. The highest BCUT2D eigenvalue weighted by Gasteiger charge is 2.28. The van der Waals surface area contributed by atoms with Gasteiger partial charge in [0.25, 0.3) is 0 Å². The van der Waals surface area contributed by atoms with Crippen LogP contribution in [0, 0.1) is 27.7 Å². The Morgan fingerprint density at radius 2 is 1.81 bits per heavy atom. The maximum Gasteiger partial charge on any atom is 0.234 e. The van der Waals surface area contributed by atoms with Crippen LogP contribution in [0.2, 0.25) is 0 Å². The number of aromatic nitrogens is 3. The minimum Gasteiger partial charge on any atom is -0.436 e. The van der Waals surface area contributed by atoms with Crippen molar-refractivity contribution in [2.45, 2.75) is 45.7 Å². The predicted octanol–water partition coefficient (Wildman–Crippen LogP) is 5.69. The Kier molecular flexibility index (Phi) is 6.95. The van der Waals surface area contributed by atoms with Gasteiger partial charge in [-0.1, -0.05) is 47.7 Å². The number of carbonyl (C=O) groups excluding carboxylic acids is 1.